The second-order valence-corrected chi connectivity index (χ2v) is 5.26. The predicted octanol–water partition coefficient (Wildman–Crippen LogP) is 1.15. The minimum absolute atomic E-state index is 0.0428. The van der Waals surface area contributed by atoms with E-state index in [4.69, 9.17) is 10.00 Å². The molecule has 0 aliphatic carbocycles. The first-order chi connectivity index (χ1) is 9.55. The molecule has 1 aromatic rings. The van der Waals surface area contributed by atoms with Crippen LogP contribution in [0.3, 0.4) is 0 Å². The van der Waals surface area contributed by atoms with Gasteiger partial charge in [0.1, 0.15) is 18.4 Å². The Labute approximate surface area is 119 Å². The van der Waals surface area contributed by atoms with E-state index in [0.717, 1.165) is 6.54 Å². The molecule has 0 aromatic heterocycles. The molecule has 1 heterocycles. The molecule has 5 heteroatoms. The molecule has 0 atom stereocenters. The van der Waals surface area contributed by atoms with Crippen LogP contribution >= 0.6 is 0 Å². The molecule has 0 radical (unpaired) electrons. The Morgan fingerprint density at radius 1 is 1.45 bits per heavy atom. The summed E-state index contributed by atoms with van der Waals surface area (Å²) in [6.45, 7) is 6.39. The molecule has 106 valence electrons. The maximum atomic E-state index is 11.8. The van der Waals surface area contributed by atoms with Crippen molar-refractivity contribution in [2.45, 2.75) is 19.4 Å². The summed E-state index contributed by atoms with van der Waals surface area (Å²) < 4.78 is 5.66. The van der Waals surface area contributed by atoms with Gasteiger partial charge in [0, 0.05) is 19.6 Å². The Hall–Kier alpha value is -2.06. The summed E-state index contributed by atoms with van der Waals surface area (Å²) in [5.74, 6) is 0.635. The van der Waals surface area contributed by atoms with Gasteiger partial charge in [-0.1, -0.05) is 12.1 Å². The van der Waals surface area contributed by atoms with Crippen molar-refractivity contribution in [2.75, 3.05) is 26.2 Å². The average Bonchev–Trinajstić information content (AvgIpc) is 2.44. The van der Waals surface area contributed by atoms with Crippen LogP contribution in [-0.4, -0.2) is 42.6 Å². The quantitative estimate of drug-likeness (QED) is 0.893. The number of amides is 1. The summed E-state index contributed by atoms with van der Waals surface area (Å²) in [5.41, 5.74) is 0.0132. The molecule has 0 unspecified atom stereocenters. The van der Waals surface area contributed by atoms with E-state index in [9.17, 15) is 4.79 Å². The first kappa shape index (κ1) is 14.4. The van der Waals surface area contributed by atoms with E-state index in [0.29, 0.717) is 31.0 Å². The Kier molecular flexibility index (Phi) is 4.26. The number of carbonyl (C=O) groups is 1. The van der Waals surface area contributed by atoms with E-state index in [2.05, 4.69) is 16.3 Å². The molecule has 1 amide bonds. The van der Waals surface area contributed by atoms with Gasteiger partial charge in [0.05, 0.1) is 11.1 Å². The minimum Gasteiger partial charge on any atom is -0.491 e. The maximum Gasteiger partial charge on any atom is 0.240 e. The summed E-state index contributed by atoms with van der Waals surface area (Å²) in [7, 11) is 0. The number of benzene rings is 1. The molecule has 20 heavy (non-hydrogen) atoms. The standard InChI is InChI=1S/C15H19N3O2/c1-15(2)14(19)17-7-8-18(15)9-10-20-13-6-4-3-5-12(13)11-16/h3-6H,7-10H2,1-2H3,(H,17,19). The number of carbonyl (C=O) groups excluding carboxylic acids is 1. The van der Waals surface area contributed by atoms with Crippen molar-refractivity contribution in [1.29, 1.82) is 5.26 Å². The fourth-order valence-corrected chi connectivity index (χ4v) is 2.29. The molecular weight excluding hydrogens is 254 g/mol. The number of nitrogens with one attached hydrogen (secondary N) is 1. The maximum absolute atomic E-state index is 11.8. The lowest BCUT2D eigenvalue weighted by Crippen LogP contribution is -2.62. The lowest BCUT2D eigenvalue weighted by atomic mass is 9.99. The minimum atomic E-state index is -0.518. The number of nitriles is 1. The second-order valence-electron chi connectivity index (χ2n) is 5.26. The van der Waals surface area contributed by atoms with Gasteiger partial charge in [0.15, 0.2) is 0 Å². The number of piperazine rings is 1. The highest BCUT2D eigenvalue weighted by molar-refractivity contribution is 5.86. The summed E-state index contributed by atoms with van der Waals surface area (Å²) in [6, 6.07) is 9.27. The van der Waals surface area contributed by atoms with E-state index in [1.54, 1.807) is 12.1 Å². The fourth-order valence-electron chi connectivity index (χ4n) is 2.29. The Morgan fingerprint density at radius 2 is 2.20 bits per heavy atom. The number of hydrogen-bond acceptors (Lipinski definition) is 4. The molecule has 5 nitrogen and oxygen atoms in total. The number of ether oxygens (including phenoxy) is 1. The molecule has 1 fully saturated rings. The van der Waals surface area contributed by atoms with E-state index >= 15 is 0 Å². The molecule has 1 saturated heterocycles. The van der Waals surface area contributed by atoms with Crippen molar-refractivity contribution in [1.82, 2.24) is 10.2 Å². The number of nitrogens with zero attached hydrogens (tertiary/aromatic N) is 2. The fraction of sp³-hybridized carbons (Fsp3) is 0.467. The van der Waals surface area contributed by atoms with Crippen molar-refractivity contribution < 1.29 is 9.53 Å². The van der Waals surface area contributed by atoms with E-state index in [1.807, 2.05) is 26.0 Å². The summed E-state index contributed by atoms with van der Waals surface area (Å²) in [4.78, 5) is 13.9. The average molecular weight is 273 g/mol. The van der Waals surface area contributed by atoms with Crippen LogP contribution in [0.25, 0.3) is 0 Å². The lowest BCUT2D eigenvalue weighted by molar-refractivity contribution is -0.135. The van der Waals surface area contributed by atoms with Crippen LogP contribution < -0.4 is 10.1 Å². The second kappa shape index (κ2) is 5.93. The third-order valence-corrected chi connectivity index (χ3v) is 3.64. The lowest BCUT2D eigenvalue weighted by Gasteiger charge is -2.41. The number of rotatable bonds is 4. The van der Waals surface area contributed by atoms with Crippen molar-refractivity contribution in [2.24, 2.45) is 0 Å². The summed E-state index contributed by atoms with van der Waals surface area (Å²) >= 11 is 0. The largest absolute Gasteiger partial charge is 0.491 e. The smallest absolute Gasteiger partial charge is 0.240 e. The van der Waals surface area contributed by atoms with Gasteiger partial charge in [-0.15, -0.1) is 0 Å². The Morgan fingerprint density at radius 3 is 2.95 bits per heavy atom. The normalized spacial score (nSPS) is 18.1. The van der Waals surface area contributed by atoms with Crippen LogP contribution in [0.5, 0.6) is 5.75 Å². The zero-order valence-corrected chi connectivity index (χ0v) is 11.8. The van der Waals surface area contributed by atoms with Gasteiger partial charge in [-0.2, -0.15) is 5.26 Å². The van der Waals surface area contributed by atoms with Crippen molar-refractivity contribution in [3.05, 3.63) is 29.8 Å². The number of para-hydroxylation sites is 1. The van der Waals surface area contributed by atoms with E-state index in [1.165, 1.54) is 0 Å². The van der Waals surface area contributed by atoms with Gasteiger partial charge in [0.2, 0.25) is 5.91 Å². The molecule has 0 saturated carbocycles. The van der Waals surface area contributed by atoms with Crippen LogP contribution in [0.15, 0.2) is 24.3 Å². The van der Waals surface area contributed by atoms with Gasteiger partial charge in [-0.25, -0.2) is 0 Å². The third-order valence-electron chi connectivity index (χ3n) is 3.64. The molecule has 1 N–H and O–H groups in total. The summed E-state index contributed by atoms with van der Waals surface area (Å²) in [5, 5.41) is 11.9. The van der Waals surface area contributed by atoms with Crippen LogP contribution in [-0.2, 0) is 4.79 Å². The first-order valence-electron chi connectivity index (χ1n) is 6.71. The predicted molar refractivity (Wildman–Crippen MR) is 75.3 cm³/mol. The Bertz CT molecular complexity index is 534. The molecule has 0 bridgehead atoms. The van der Waals surface area contributed by atoms with Crippen LogP contribution in [0.4, 0.5) is 0 Å². The monoisotopic (exact) mass is 273 g/mol. The molecule has 1 aromatic carbocycles. The molecule has 1 aliphatic rings. The number of hydrogen-bond donors (Lipinski definition) is 1. The zero-order valence-electron chi connectivity index (χ0n) is 11.8. The van der Waals surface area contributed by atoms with Crippen LogP contribution in [0, 0.1) is 11.3 Å². The van der Waals surface area contributed by atoms with Crippen molar-refractivity contribution in [3.63, 3.8) is 0 Å². The zero-order chi connectivity index (χ0) is 14.6. The highest BCUT2D eigenvalue weighted by atomic mass is 16.5. The third kappa shape index (κ3) is 2.91. The van der Waals surface area contributed by atoms with Crippen LogP contribution in [0.1, 0.15) is 19.4 Å². The van der Waals surface area contributed by atoms with E-state index in [-0.39, 0.29) is 5.91 Å². The Balaban J connectivity index is 1.93. The van der Waals surface area contributed by atoms with Gasteiger partial charge in [0.25, 0.3) is 0 Å². The molecule has 2 rings (SSSR count). The van der Waals surface area contributed by atoms with Gasteiger partial charge in [-0.05, 0) is 26.0 Å². The van der Waals surface area contributed by atoms with Gasteiger partial charge < -0.3 is 10.1 Å². The van der Waals surface area contributed by atoms with E-state index < -0.39 is 5.54 Å². The molecule has 1 aliphatic heterocycles. The van der Waals surface area contributed by atoms with Gasteiger partial charge in [-0.3, -0.25) is 9.69 Å². The van der Waals surface area contributed by atoms with Crippen molar-refractivity contribution >= 4 is 5.91 Å². The SMILES string of the molecule is CC1(C)C(=O)NCCN1CCOc1ccccc1C#N. The highest BCUT2D eigenvalue weighted by Gasteiger charge is 2.37. The molecule has 0 spiro atoms. The molecular formula is C15H19N3O2. The van der Waals surface area contributed by atoms with Crippen molar-refractivity contribution in [3.8, 4) is 11.8 Å². The highest BCUT2D eigenvalue weighted by Crippen LogP contribution is 2.19. The topological polar surface area (TPSA) is 65.4 Å². The van der Waals surface area contributed by atoms with Crippen LogP contribution in [0.2, 0.25) is 0 Å². The summed E-state index contributed by atoms with van der Waals surface area (Å²) in [6.07, 6.45) is 0. The van der Waals surface area contributed by atoms with Gasteiger partial charge >= 0.3 is 0 Å². The first-order valence-corrected chi connectivity index (χ1v) is 6.71.